The maximum absolute atomic E-state index is 12.8. The lowest BCUT2D eigenvalue weighted by atomic mass is 10.2. The Morgan fingerprint density at radius 1 is 1.36 bits per heavy atom. The van der Waals surface area contributed by atoms with E-state index in [9.17, 15) is 4.79 Å². The third-order valence-corrected chi connectivity index (χ3v) is 4.87. The monoisotopic (exact) mass is 344 g/mol. The van der Waals surface area contributed by atoms with E-state index in [-0.39, 0.29) is 18.0 Å². The topological polar surface area (TPSA) is 68.0 Å². The van der Waals surface area contributed by atoms with Gasteiger partial charge in [-0.25, -0.2) is 4.68 Å². The molecule has 2 aromatic rings. The molecule has 1 aliphatic heterocycles. The van der Waals surface area contributed by atoms with Gasteiger partial charge >= 0.3 is 0 Å². The van der Waals surface area contributed by atoms with E-state index in [0.717, 1.165) is 37.3 Å². The molecule has 7 nitrogen and oxygen atoms in total. The molecule has 136 valence electrons. The van der Waals surface area contributed by atoms with Crippen LogP contribution in [0.3, 0.4) is 0 Å². The zero-order valence-corrected chi connectivity index (χ0v) is 15.5. The number of hydrogen-bond donors (Lipinski definition) is 1. The Morgan fingerprint density at radius 3 is 2.84 bits per heavy atom. The normalized spacial score (nSPS) is 19.5. The largest absolute Gasteiger partial charge is 0.310 e. The SMILES string of the molecule is Cc1cnn(CC2CCCN2C(C)C(=O)Nc2ccnn2C(C)C)c1. The van der Waals surface area contributed by atoms with Crippen molar-refractivity contribution in [1.82, 2.24) is 24.5 Å². The maximum Gasteiger partial charge on any atom is 0.242 e. The third kappa shape index (κ3) is 3.92. The van der Waals surface area contributed by atoms with Crippen molar-refractivity contribution < 1.29 is 4.79 Å². The molecular weight excluding hydrogens is 316 g/mol. The Balaban J connectivity index is 1.65. The minimum atomic E-state index is -0.181. The molecule has 0 bridgehead atoms. The number of hydrogen-bond acceptors (Lipinski definition) is 4. The van der Waals surface area contributed by atoms with Gasteiger partial charge in [0.1, 0.15) is 5.82 Å². The molecule has 1 fully saturated rings. The van der Waals surface area contributed by atoms with Crippen LogP contribution in [0.25, 0.3) is 0 Å². The van der Waals surface area contributed by atoms with Gasteiger partial charge in [-0.05, 0) is 52.6 Å². The number of nitrogens with one attached hydrogen (secondary N) is 1. The van der Waals surface area contributed by atoms with E-state index in [1.165, 1.54) is 0 Å². The van der Waals surface area contributed by atoms with Crippen molar-refractivity contribution in [2.24, 2.45) is 0 Å². The summed E-state index contributed by atoms with van der Waals surface area (Å²) in [6, 6.07) is 2.22. The van der Waals surface area contributed by atoms with E-state index >= 15 is 0 Å². The zero-order chi connectivity index (χ0) is 18.0. The predicted octanol–water partition coefficient (Wildman–Crippen LogP) is 2.46. The second kappa shape index (κ2) is 7.39. The van der Waals surface area contributed by atoms with Gasteiger partial charge in [0, 0.05) is 24.3 Å². The fraction of sp³-hybridized carbons (Fsp3) is 0.611. The van der Waals surface area contributed by atoms with Crippen molar-refractivity contribution in [1.29, 1.82) is 0 Å². The Morgan fingerprint density at radius 2 is 2.16 bits per heavy atom. The molecule has 3 heterocycles. The third-order valence-electron chi connectivity index (χ3n) is 4.87. The highest BCUT2D eigenvalue weighted by atomic mass is 16.2. The molecule has 7 heteroatoms. The van der Waals surface area contributed by atoms with Crippen molar-refractivity contribution in [2.45, 2.75) is 65.2 Å². The van der Waals surface area contributed by atoms with Crippen LogP contribution in [0.5, 0.6) is 0 Å². The first-order valence-corrected chi connectivity index (χ1v) is 9.05. The smallest absolute Gasteiger partial charge is 0.242 e. The second-order valence-corrected chi connectivity index (χ2v) is 7.19. The molecule has 0 saturated carbocycles. The summed E-state index contributed by atoms with van der Waals surface area (Å²) < 4.78 is 3.81. The summed E-state index contributed by atoms with van der Waals surface area (Å²) in [7, 11) is 0. The molecule has 1 N–H and O–H groups in total. The van der Waals surface area contributed by atoms with Crippen LogP contribution in [0.15, 0.2) is 24.7 Å². The molecule has 2 unspecified atom stereocenters. The van der Waals surface area contributed by atoms with Gasteiger partial charge in [-0.1, -0.05) is 0 Å². The summed E-state index contributed by atoms with van der Waals surface area (Å²) in [5.41, 5.74) is 1.16. The number of aromatic nitrogens is 4. The Bertz CT molecular complexity index is 719. The van der Waals surface area contributed by atoms with Crippen LogP contribution >= 0.6 is 0 Å². The van der Waals surface area contributed by atoms with E-state index in [0.29, 0.717) is 6.04 Å². The summed E-state index contributed by atoms with van der Waals surface area (Å²) in [6.45, 7) is 9.91. The number of anilines is 1. The molecule has 0 aromatic carbocycles. The van der Waals surface area contributed by atoms with Gasteiger partial charge < -0.3 is 5.32 Å². The second-order valence-electron chi connectivity index (χ2n) is 7.19. The number of rotatable bonds is 6. The number of aryl methyl sites for hydroxylation is 1. The van der Waals surface area contributed by atoms with E-state index in [1.807, 2.05) is 35.5 Å². The lowest BCUT2D eigenvalue weighted by Gasteiger charge is -2.30. The van der Waals surface area contributed by atoms with Crippen LogP contribution in [0.2, 0.25) is 0 Å². The van der Waals surface area contributed by atoms with Crippen LogP contribution in [-0.2, 0) is 11.3 Å². The highest BCUT2D eigenvalue weighted by molar-refractivity contribution is 5.93. The molecule has 2 aromatic heterocycles. The molecule has 3 rings (SSSR count). The molecule has 1 saturated heterocycles. The highest BCUT2D eigenvalue weighted by Gasteiger charge is 2.32. The fourth-order valence-corrected chi connectivity index (χ4v) is 3.55. The Labute approximate surface area is 149 Å². The number of nitrogens with zero attached hydrogens (tertiary/aromatic N) is 5. The number of carbonyl (C=O) groups is 1. The average molecular weight is 344 g/mol. The van der Waals surface area contributed by atoms with Crippen LogP contribution in [0.1, 0.15) is 45.2 Å². The van der Waals surface area contributed by atoms with Gasteiger partial charge in [-0.2, -0.15) is 10.2 Å². The molecular formula is C18H28N6O. The van der Waals surface area contributed by atoms with Crippen molar-refractivity contribution in [2.75, 3.05) is 11.9 Å². The first-order chi connectivity index (χ1) is 12.0. The van der Waals surface area contributed by atoms with Crippen LogP contribution < -0.4 is 5.32 Å². The summed E-state index contributed by atoms with van der Waals surface area (Å²) in [5.74, 6) is 0.774. The lowest BCUT2D eigenvalue weighted by molar-refractivity contribution is -0.121. The summed E-state index contributed by atoms with van der Waals surface area (Å²) in [6.07, 6.45) is 7.87. The highest BCUT2D eigenvalue weighted by Crippen LogP contribution is 2.23. The molecule has 2 atom stereocenters. The molecule has 0 radical (unpaired) electrons. The van der Waals surface area contributed by atoms with E-state index in [2.05, 4.69) is 40.5 Å². The molecule has 1 aliphatic rings. The fourth-order valence-electron chi connectivity index (χ4n) is 3.55. The van der Waals surface area contributed by atoms with Crippen molar-refractivity contribution in [3.05, 3.63) is 30.2 Å². The molecule has 0 spiro atoms. The standard InChI is InChI=1S/C18H28N6O/c1-13(2)24-17(7-8-19-24)21-18(25)15(4)23-9-5-6-16(23)12-22-11-14(3)10-20-22/h7-8,10-11,13,15-16H,5-6,9,12H2,1-4H3,(H,21,25). The predicted molar refractivity (Wildman–Crippen MR) is 97.4 cm³/mol. The van der Waals surface area contributed by atoms with Crippen LogP contribution in [-0.4, -0.2) is 49.0 Å². The van der Waals surface area contributed by atoms with Gasteiger partial charge in [0.2, 0.25) is 5.91 Å². The average Bonchev–Trinajstić information content (AvgIpc) is 3.28. The summed E-state index contributed by atoms with van der Waals surface area (Å²) >= 11 is 0. The van der Waals surface area contributed by atoms with Crippen LogP contribution in [0.4, 0.5) is 5.82 Å². The van der Waals surface area contributed by atoms with Crippen LogP contribution in [0, 0.1) is 6.92 Å². The Hall–Kier alpha value is -2.15. The summed E-state index contributed by atoms with van der Waals surface area (Å²) in [4.78, 5) is 15.1. The lowest BCUT2D eigenvalue weighted by Crippen LogP contribution is -2.46. The van der Waals surface area contributed by atoms with Gasteiger partial charge in [-0.3, -0.25) is 14.4 Å². The van der Waals surface area contributed by atoms with Crippen molar-refractivity contribution in [3.63, 3.8) is 0 Å². The maximum atomic E-state index is 12.8. The van der Waals surface area contributed by atoms with E-state index < -0.39 is 0 Å². The van der Waals surface area contributed by atoms with Gasteiger partial charge in [-0.15, -0.1) is 0 Å². The van der Waals surface area contributed by atoms with Gasteiger partial charge in [0.15, 0.2) is 0 Å². The van der Waals surface area contributed by atoms with E-state index in [4.69, 9.17) is 0 Å². The number of amides is 1. The van der Waals surface area contributed by atoms with Crippen molar-refractivity contribution >= 4 is 11.7 Å². The molecule has 0 aliphatic carbocycles. The van der Waals surface area contributed by atoms with E-state index in [1.54, 1.807) is 6.20 Å². The minimum Gasteiger partial charge on any atom is -0.310 e. The number of carbonyl (C=O) groups excluding carboxylic acids is 1. The molecule has 1 amide bonds. The zero-order valence-electron chi connectivity index (χ0n) is 15.5. The molecule has 25 heavy (non-hydrogen) atoms. The van der Waals surface area contributed by atoms with Gasteiger partial charge in [0.05, 0.1) is 25.0 Å². The van der Waals surface area contributed by atoms with Gasteiger partial charge in [0.25, 0.3) is 0 Å². The first-order valence-electron chi connectivity index (χ1n) is 9.05. The summed E-state index contributed by atoms with van der Waals surface area (Å²) in [5, 5.41) is 11.7. The Kier molecular flexibility index (Phi) is 5.22. The van der Waals surface area contributed by atoms with Crippen molar-refractivity contribution in [3.8, 4) is 0 Å². The number of likely N-dealkylation sites (tertiary alicyclic amines) is 1. The minimum absolute atomic E-state index is 0.0194. The first kappa shape index (κ1) is 17.7. The quantitative estimate of drug-likeness (QED) is 0.874.